The van der Waals surface area contributed by atoms with Gasteiger partial charge < -0.3 is 9.47 Å². The molecule has 0 aliphatic rings. The van der Waals surface area contributed by atoms with Crippen LogP contribution < -0.4 is 0 Å². The van der Waals surface area contributed by atoms with Crippen LogP contribution in [0.4, 0.5) is 4.39 Å². The highest BCUT2D eigenvalue weighted by molar-refractivity contribution is 5.17. The molecule has 3 nitrogen and oxygen atoms in total. The van der Waals surface area contributed by atoms with Gasteiger partial charge in [0.2, 0.25) is 0 Å². The number of benzene rings is 2. The van der Waals surface area contributed by atoms with E-state index < -0.39 is 6.17 Å². The Hall–Kier alpha value is -2.19. The van der Waals surface area contributed by atoms with E-state index in [9.17, 15) is 4.39 Å². The van der Waals surface area contributed by atoms with E-state index in [0.717, 1.165) is 0 Å². The lowest BCUT2D eigenvalue weighted by Crippen LogP contribution is -2.32. The minimum absolute atomic E-state index is 0.0551. The van der Waals surface area contributed by atoms with Crippen molar-refractivity contribution in [3.05, 3.63) is 71.8 Å². The molecular formula is C22H26FNO2. The number of hydrogen-bond donors (Lipinski definition) is 0. The molecule has 2 rings (SSSR count). The standard InChI is InChI=1S/C22H26FNO2/c1-2-13-25-14-15-26-19-22(23)18-24(16-20-9-5-3-6-10-20)17-21-11-7-4-8-12-21/h1,3-12,22H,13-19H2. The van der Waals surface area contributed by atoms with Crippen LogP contribution in [0.25, 0.3) is 0 Å². The van der Waals surface area contributed by atoms with Gasteiger partial charge in [0, 0.05) is 19.6 Å². The van der Waals surface area contributed by atoms with Crippen LogP contribution in [0.3, 0.4) is 0 Å². The molecule has 0 heterocycles. The Bertz CT molecular complexity index is 601. The van der Waals surface area contributed by atoms with E-state index in [4.69, 9.17) is 15.9 Å². The van der Waals surface area contributed by atoms with E-state index >= 15 is 0 Å². The first-order valence-corrected chi connectivity index (χ1v) is 8.81. The third kappa shape index (κ3) is 8.26. The Balaban J connectivity index is 1.83. The Morgan fingerprint density at radius 2 is 1.42 bits per heavy atom. The minimum Gasteiger partial charge on any atom is -0.376 e. The highest BCUT2D eigenvalue weighted by Gasteiger charge is 2.15. The van der Waals surface area contributed by atoms with Crippen LogP contribution in [0.15, 0.2) is 60.7 Å². The van der Waals surface area contributed by atoms with Crippen LogP contribution in [0.1, 0.15) is 11.1 Å². The summed E-state index contributed by atoms with van der Waals surface area (Å²) in [6, 6.07) is 20.2. The van der Waals surface area contributed by atoms with E-state index in [2.05, 4.69) is 35.1 Å². The smallest absolute Gasteiger partial charge is 0.136 e. The second-order valence-electron chi connectivity index (χ2n) is 6.07. The minimum atomic E-state index is -1.06. The van der Waals surface area contributed by atoms with Crippen molar-refractivity contribution in [1.29, 1.82) is 0 Å². The quantitative estimate of drug-likeness (QED) is 0.428. The van der Waals surface area contributed by atoms with Crippen molar-refractivity contribution < 1.29 is 13.9 Å². The molecule has 0 fully saturated rings. The molecule has 26 heavy (non-hydrogen) atoms. The van der Waals surface area contributed by atoms with Gasteiger partial charge in [0.25, 0.3) is 0 Å². The number of halogens is 1. The summed E-state index contributed by atoms with van der Waals surface area (Å²) < 4.78 is 24.9. The summed E-state index contributed by atoms with van der Waals surface area (Å²) in [5.74, 6) is 2.38. The molecule has 0 aliphatic carbocycles. The lowest BCUT2D eigenvalue weighted by Gasteiger charge is -2.24. The van der Waals surface area contributed by atoms with Gasteiger partial charge in [0.05, 0.1) is 19.8 Å². The van der Waals surface area contributed by atoms with Gasteiger partial charge in [-0.2, -0.15) is 0 Å². The maximum absolute atomic E-state index is 14.4. The number of nitrogens with zero attached hydrogens (tertiary/aromatic N) is 1. The first-order chi connectivity index (χ1) is 12.8. The summed E-state index contributed by atoms with van der Waals surface area (Å²) in [6.45, 7) is 2.75. The normalized spacial score (nSPS) is 12.0. The summed E-state index contributed by atoms with van der Waals surface area (Å²) in [6.07, 6.45) is 4.03. The topological polar surface area (TPSA) is 21.7 Å². The van der Waals surface area contributed by atoms with Crippen molar-refractivity contribution in [2.24, 2.45) is 0 Å². The second kappa shape index (κ2) is 12.2. The largest absolute Gasteiger partial charge is 0.376 e. The Morgan fingerprint density at radius 3 is 1.96 bits per heavy atom. The molecule has 0 saturated carbocycles. The third-order valence-corrected chi connectivity index (χ3v) is 3.81. The molecule has 0 N–H and O–H groups in total. The number of terminal acetylenes is 1. The van der Waals surface area contributed by atoms with Gasteiger partial charge >= 0.3 is 0 Å². The fourth-order valence-corrected chi connectivity index (χ4v) is 2.66. The molecule has 4 heteroatoms. The molecule has 0 saturated heterocycles. The lowest BCUT2D eigenvalue weighted by atomic mass is 10.1. The highest BCUT2D eigenvalue weighted by atomic mass is 19.1. The van der Waals surface area contributed by atoms with Crippen LogP contribution in [-0.2, 0) is 22.6 Å². The monoisotopic (exact) mass is 355 g/mol. The summed E-state index contributed by atoms with van der Waals surface area (Å²) in [5.41, 5.74) is 2.33. The van der Waals surface area contributed by atoms with Gasteiger partial charge in [-0.25, -0.2) is 4.39 Å². The van der Waals surface area contributed by atoms with Gasteiger partial charge in [-0.1, -0.05) is 66.6 Å². The number of rotatable bonds is 12. The molecule has 2 aromatic rings. The zero-order valence-corrected chi connectivity index (χ0v) is 15.0. The van der Waals surface area contributed by atoms with E-state index in [0.29, 0.717) is 32.8 Å². The Kier molecular flexibility index (Phi) is 9.45. The average Bonchev–Trinajstić information content (AvgIpc) is 2.66. The van der Waals surface area contributed by atoms with E-state index in [1.165, 1.54) is 11.1 Å². The van der Waals surface area contributed by atoms with E-state index in [-0.39, 0.29) is 13.2 Å². The maximum atomic E-state index is 14.4. The number of alkyl halides is 1. The van der Waals surface area contributed by atoms with Crippen LogP contribution >= 0.6 is 0 Å². The molecule has 0 radical (unpaired) electrons. The first-order valence-electron chi connectivity index (χ1n) is 8.81. The summed E-state index contributed by atoms with van der Waals surface area (Å²) in [4.78, 5) is 2.10. The molecular weight excluding hydrogens is 329 g/mol. The van der Waals surface area contributed by atoms with E-state index in [1.807, 2.05) is 36.4 Å². The van der Waals surface area contributed by atoms with Gasteiger partial charge in [-0.05, 0) is 11.1 Å². The predicted molar refractivity (Wildman–Crippen MR) is 102 cm³/mol. The molecule has 1 unspecified atom stereocenters. The lowest BCUT2D eigenvalue weighted by molar-refractivity contribution is 0.0239. The molecule has 0 bridgehead atoms. The SMILES string of the molecule is C#CCOCCOCC(F)CN(Cc1ccccc1)Cc1ccccc1. The zero-order chi connectivity index (χ0) is 18.5. The van der Waals surface area contributed by atoms with Crippen molar-refractivity contribution in [2.45, 2.75) is 19.3 Å². The van der Waals surface area contributed by atoms with Crippen LogP contribution in [0, 0.1) is 12.3 Å². The van der Waals surface area contributed by atoms with Crippen molar-refractivity contribution in [3.8, 4) is 12.3 Å². The summed E-state index contributed by atoms with van der Waals surface area (Å²) in [7, 11) is 0. The molecule has 1 atom stereocenters. The Morgan fingerprint density at radius 1 is 0.885 bits per heavy atom. The molecule has 138 valence electrons. The first kappa shape index (κ1) is 20.1. The van der Waals surface area contributed by atoms with Gasteiger partial charge in [0.1, 0.15) is 12.8 Å². The van der Waals surface area contributed by atoms with Crippen molar-refractivity contribution in [3.63, 3.8) is 0 Å². The van der Waals surface area contributed by atoms with Crippen molar-refractivity contribution >= 4 is 0 Å². The summed E-state index contributed by atoms with van der Waals surface area (Å²) in [5, 5.41) is 0. The van der Waals surface area contributed by atoms with Gasteiger partial charge in [0.15, 0.2) is 0 Å². The summed E-state index contributed by atoms with van der Waals surface area (Å²) >= 11 is 0. The van der Waals surface area contributed by atoms with Gasteiger partial charge in [-0.15, -0.1) is 6.42 Å². The average molecular weight is 355 g/mol. The Labute approximate surface area is 155 Å². The zero-order valence-electron chi connectivity index (χ0n) is 15.0. The van der Waals surface area contributed by atoms with Crippen LogP contribution in [0.5, 0.6) is 0 Å². The second-order valence-corrected chi connectivity index (χ2v) is 6.07. The van der Waals surface area contributed by atoms with E-state index in [1.54, 1.807) is 0 Å². The molecule has 0 aromatic heterocycles. The van der Waals surface area contributed by atoms with Crippen LogP contribution in [0.2, 0.25) is 0 Å². The highest BCUT2D eigenvalue weighted by Crippen LogP contribution is 2.12. The van der Waals surface area contributed by atoms with Crippen molar-refractivity contribution in [1.82, 2.24) is 4.90 Å². The van der Waals surface area contributed by atoms with Crippen LogP contribution in [-0.4, -0.2) is 44.0 Å². The molecule has 0 aliphatic heterocycles. The maximum Gasteiger partial charge on any atom is 0.136 e. The fourth-order valence-electron chi connectivity index (χ4n) is 2.66. The number of ether oxygens (including phenoxy) is 2. The number of hydrogen-bond acceptors (Lipinski definition) is 3. The predicted octanol–water partition coefficient (Wildman–Crippen LogP) is 3.69. The van der Waals surface area contributed by atoms with Crippen molar-refractivity contribution in [2.75, 3.05) is 33.0 Å². The molecule has 0 spiro atoms. The molecule has 0 amide bonds. The van der Waals surface area contributed by atoms with Gasteiger partial charge in [-0.3, -0.25) is 4.90 Å². The fraction of sp³-hybridized carbons (Fsp3) is 0.364. The third-order valence-electron chi connectivity index (χ3n) is 3.81. The molecule has 2 aromatic carbocycles.